The molecular formula is C16H23N7O2. The molecule has 2 atom stereocenters. The van der Waals surface area contributed by atoms with Gasteiger partial charge < -0.3 is 15.4 Å². The summed E-state index contributed by atoms with van der Waals surface area (Å²) in [5.41, 5.74) is 0.620. The molecule has 2 amide bonds. The van der Waals surface area contributed by atoms with Gasteiger partial charge in [0, 0.05) is 26.2 Å². The summed E-state index contributed by atoms with van der Waals surface area (Å²) in [6, 6.07) is 3.29. The number of hydrogen-bond acceptors (Lipinski definition) is 6. The fourth-order valence-corrected chi connectivity index (χ4v) is 2.89. The number of urea groups is 1. The summed E-state index contributed by atoms with van der Waals surface area (Å²) in [4.78, 5) is 22.4. The van der Waals surface area contributed by atoms with Gasteiger partial charge in [0.2, 0.25) is 0 Å². The molecule has 2 aromatic rings. The largest absolute Gasteiger partial charge is 0.373 e. The van der Waals surface area contributed by atoms with E-state index >= 15 is 0 Å². The zero-order valence-corrected chi connectivity index (χ0v) is 14.4. The highest BCUT2D eigenvalue weighted by Crippen LogP contribution is 2.10. The van der Waals surface area contributed by atoms with Gasteiger partial charge in [0.1, 0.15) is 12.7 Å². The van der Waals surface area contributed by atoms with Crippen molar-refractivity contribution in [3.05, 3.63) is 31.0 Å². The monoisotopic (exact) mass is 345 g/mol. The Labute approximate surface area is 146 Å². The maximum atomic E-state index is 12.0. The minimum absolute atomic E-state index is 0.229. The fraction of sp³-hybridized carbons (Fsp3) is 0.500. The topological polar surface area (TPSA) is 97.2 Å². The van der Waals surface area contributed by atoms with Crippen LogP contribution in [0, 0.1) is 0 Å². The number of ether oxygens (including phenoxy) is 1. The number of hydrogen-bond donors (Lipinski definition) is 2. The van der Waals surface area contributed by atoms with Crippen LogP contribution in [0.4, 0.5) is 10.5 Å². The normalized spacial score (nSPS) is 21.0. The van der Waals surface area contributed by atoms with Crippen LogP contribution in [0.1, 0.15) is 13.8 Å². The molecular weight excluding hydrogens is 322 g/mol. The van der Waals surface area contributed by atoms with Crippen molar-refractivity contribution in [2.24, 2.45) is 0 Å². The summed E-state index contributed by atoms with van der Waals surface area (Å²) in [6.45, 7) is 7.30. The lowest BCUT2D eigenvalue weighted by molar-refractivity contribution is -0.0672. The summed E-state index contributed by atoms with van der Waals surface area (Å²) in [7, 11) is 0. The summed E-state index contributed by atoms with van der Waals surface area (Å²) in [6.07, 6.45) is 5.05. The summed E-state index contributed by atoms with van der Waals surface area (Å²) >= 11 is 0. The van der Waals surface area contributed by atoms with Crippen molar-refractivity contribution in [2.75, 3.05) is 31.5 Å². The van der Waals surface area contributed by atoms with E-state index in [0.29, 0.717) is 18.1 Å². The molecule has 1 fully saturated rings. The van der Waals surface area contributed by atoms with Crippen molar-refractivity contribution in [3.63, 3.8) is 0 Å². The quantitative estimate of drug-likeness (QED) is 0.835. The number of carbonyl (C=O) groups excluding carboxylic acids is 1. The average Bonchev–Trinajstić information content (AvgIpc) is 3.09. The molecule has 0 radical (unpaired) electrons. The van der Waals surface area contributed by atoms with Crippen molar-refractivity contribution in [1.82, 2.24) is 30.0 Å². The van der Waals surface area contributed by atoms with Gasteiger partial charge in [0.05, 0.1) is 24.1 Å². The number of nitrogens with zero attached hydrogens (tertiary/aromatic N) is 5. The summed E-state index contributed by atoms with van der Waals surface area (Å²) in [5, 5.41) is 9.63. The zero-order chi connectivity index (χ0) is 17.6. The van der Waals surface area contributed by atoms with Crippen LogP contribution >= 0.6 is 0 Å². The van der Waals surface area contributed by atoms with E-state index in [1.165, 1.54) is 6.33 Å². The van der Waals surface area contributed by atoms with Crippen LogP contribution in [0.3, 0.4) is 0 Å². The van der Waals surface area contributed by atoms with Crippen LogP contribution in [0.2, 0.25) is 0 Å². The van der Waals surface area contributed by atoms with Crippen LogP contribution in [-0.2, 0) is 4.74 Å². The molecule has 0 aliphatic carbocycles. The number of amides is 2. The van der Waals surface area contributed by atoms with E-state index in [0.717, 1.165) is 19.6 Å². The first kappa shape index (κ1) is 17.3. The van der Waals surface area contributed by atoms with Crippen LogP contribution in [0.15, 0.2) is 31.0 Å². The third-order valence-electron chi connectivity index (χ3n) is 3.87. The highest BCUT2D eigenvalue weighted by atomic mass is 16.5. The minimum atomic E-state index is -0.246. The van der Waals surface area contributed by atoms with Crippen LogP contribution in [0.25, 0.3) is 5.82 Å². The fourth-order valence-electron chi connectivity index (χ4n) is 2.89. The van der Waals surface area contributed by atoms with Crippen LogP contribution in [0.5, 0.6) is 0 Å². The van der Waals surface area contributed by atoms with Crippen molar-refractivity contribution < 1.29 is 9.53 Å². The Hall–Kier alpha value is -2.52. The number of nitrogens with one attached hydrogen (secondary N) is 2. The second-order valence-electron chi connectivity index (χ2n) is 6.14. The maximum Gasteiger partial charge on any atom is 0.319 e. The van der Waals surface area contributed by atoms with Crippen LogP contribution < -0.4 is 10.6 Å². The third-order valence-corrected chi connectivity index (χ3v) is 3.87. The SMILES string of the molecule is CC1CN(CCNC(=O)Nc2ccc(-n3cncn3)nc2)CC(C)O1. The van der Waals surface area contributed by atoms with E-state index in [2.05, 4.69) is 44.4 Å². The molecule has 3 rings (SSSR count). The number of aromatic nitrogens is 4. The summed E-state index contributed by atoms with van der Waals surface area (Å²) in [5.74, 6) is 0.638. The van der Waals surface area contributed by atoms with Crippen LogP contribution in [-0.4, -0.2) is 69.1 Å². The molecule has 0 bridgehead atoms. The second-order valence-corrected chi connectivity index (χ2v) is 6.14. The molecule has 1 saturated heterocycles. The molecule has 0 aromatic carbocycles. The predicted octanol–water partition coefficient (Wildman–Crippen LogP) is 0.893. The van der Waals surface area contributed by atoms with Crippen molar-refractivity contribution in [2.45, 2.75) is 26.1 Å². The Morgan fingerprint density at radius 2 is 2.12 bits per heavy atom. The van der Waals surface area contributed by atoms with E-state index in [1.54, 1.807) is 29.3 Å². The van der Waals surface area contributed by atoms with E-state index in [9.17, 15) is 4.79 Å². The molecule has 9 heteroatoms. The number of anilines is 1. The first-order valence-electron chi connectivity index (χ1n) is 8.34. The zero-order valence-electron chi connectivity index (χ0n) is 14.4. The molecule has 134 valence electrons. The predicted molar refractivity (Wildman–Crippen MR) is 92.6 cm³/mol. The average molecular weight is 345 g/mol. The Kier molecular flexibility index (Phi) is 5.56. The standard InChI is InChI=1S/C16H23N7O2/c1-12-8-22(9-13(2)25-12)6-5-18-16(24)21-14-3-4-15(19-7-14)23-11-17-10-20-23/h3-4,7,10-13H,5-6,8-9H2,1-2H3,(H2,18,21,24). The van der Waals surface area contributed by atoms with Gasteiger partial charge in [0.25, 0.3) is 0 Å². The Bertz CT molecular complexity index is 664. The number of carbonyl (C=O) groups is 1. The molecule has 2 unspecified atom stereocenters. The van der Waals surface area contributed by atoms with Gasteiger partial charge in [-0.2, -0.15) is 5.10 Å². The lowest BCUT2D eigenvalue weighted by atomic mass is 10.2. The van der Waals surface area contributed by atoms with Gasteiger partial charge in [-0.15, -0.1) is 0 Å². The molecule has 1 aliphatic heterocycles. The van der Waals surface area contributed by atoms with Gasteiger partial charge in [-0.25, -0.2) is 19.4 Å². The first-order valence-corrected chi connectivity index (χ1v) is 8.34. The lowest BCUT2D eigenvalue weighted by Crippen LogP contribution is -2.48. The smallest absolute Gasteiger partial charge is 0.319 e. The van der Waals surface area contributed by atoms with Gasteiger partial charge in [0.15, 0.2) is 5.82 Å². The molecule has 25 heavy (non-hydrogen) atoms. The van der Waals surface area contributed by atoms with E-state index in [-0.39, 0.29) is 18.2 Å². The second kappa shape index (κ2) is 8.04. The minimum Gasteiger partial charge on any atom is -0.373 e. The summed E-state index contributed by atoms with van der Waals surface area (Å²) < 4.78 is 7.25. The first-order chi connectivity index (χ1) is 12.1. The highest BCUT2D eigenvalue weighted by Gasteiger charge is 2.21. The molecule has 2 N–H and O–H groups in total. The van der Waals surface area contributed by atoms with Gasteiger partial charge in [-0.05, 0) is 26.0 Å². The van der Waals surface area contributed by atoms with E-state index < -0.39 is 0 Å². The lowest BCUT2D eigenvalue weighted by Gasteiger charge is -2.35. The van der Waals surface area contributed by atoms with Gasteiger partial charge in [-0.3, -0.25) is 4.90 Å². The van der Waals surface area contributed by atoms with Crippen molar-refractivity contribution in [3.8, 4) is 5.82 Å². The highest BCUT2D eigenvalue weighted by molar-refractivity contribution is 5.89. The van der Waals surface area contributed by atoms with E-state index in [4.69, 9.17) is 4.74 Å². The Balaban J connectivity index is 1.42. The van der Waals surface area contributed by atoms with Gasteiger partial charge >= 0.3 is 6.03 Å². The Morgan fingerprint density at radius 3 is 2.76 bits per heavy atom. The molecule has 0 saturated carbocycles. The maximum absolute atomic E-state index is 12.0. The molecule has 3 heterocycles. The third kappa shape index (κ3) is 4.97. The molecule has 1 aliphatic rings. The molecule has 2 aromatic heterocycles. The van der Waals surface area contributed by atoms with E-state index in [1.807, 2.05) is 0 Å². The van der Waals surface area contributed by atoms with Crippen molar-refractivity contribution >= 4 is 11.7 Å². The molecule has 0 spiro atoms. The molecule has 9 nitrogen and oxygen atoms in total. The Morgan fingerprint density at radius 1 is 1.32 bits per heavy atom. The van der Waals surface area contributed by atoms with Crippen molar-refractivity contribution in [1.29, 1.82) is 0 Å². The van der Waals surface area contributed by atoms with Gasteiger partial charge in [-0.1, -0.05) is 0 Å². The number of rotatable bonds is 5. The number of pyridine rings is 1. The number of morpholine rings is 1.